The van der Waals surface area contributed by atoms with Crippen molar-refractivity contribution in [3.63, 3.8) is 0 Å². The van der Waals surface area contributed by atoms with Crippen LogP contribution in [0, 0.1) is 17.1 Å². The Balaban J connectivity index is 1.59. The molecule has 3 heterocycles. The van der Waals surface area contributed by atoms with Crippen molar-refractivity contribution in [2.45, 2.75) is 44.2 Å². The Kier molecular flexibility index (Phi) is 4.54. The summed E-state index contributed by atoms with van der Waals surface area (Å²) in [5, 5.41) is 12.6. The van der Waals surface area contributed by atoms with Gasteiger partial charge in [0.25, 0.3) is 0 Å². The van der Waals surface area contributed by atoms with Crippen LogP contribution in [0.4, 0.5) is 15.8 Å². The molecule has 3 aromatic rings. The zero-order valence-corrected chi connectivity index (χ0v) is 17.1. The van der Waals surface area contributed by atoms with E-state index in [4.69, 9.17) is 10.5 Å². The van der Waals surface area contributed by atoms with Crippen molar-refractivity contribution in [3.05, 3.63) is 57.9 Å². The highest BCUT2D eigenvalue weighted by molar-refractivity contribution is 6.00. The summed E-state index contributed by atoms with van der Waals surface area (Å²) in [6.07, 6.45) is 5.91. The van der Waals surface area contributed by atoms with Crippen LogP contribution < -0.4 is 21.2 Å². The second-order valence-electron chi connectivity index (χ2n) is 8.31. The van der Waals surface area contributed by atoms with Crippen LogP contribution in [-0.2, 0) is 0 Å². The Morgan fingerprint density at radius 2 is 2.23 bits per heavy atom. The van der Waals surface area contributed by atoms with Gasteiger partial charge in [0, 0.05) is 30.0 Å². The molecular weight excluding hydrogens is 397 g/mol. The number of halogens is 1. The third kappa shape index (κ3) is 3.00. The number of benzene rings is 1. The molecule has 158 valence electrons. The second-order valence-corrected chi connectivity index (χ2v) is 8.31. The molecule has 1 aliphatic heterocycles. The summed E-state index contributed by atoms with van der Waals surface area (Å²) in [7, 11) is 0. The number of nitrogen functional groups attached to an aromatic ring is 1. The van der Waals surface area contributed by atoms with E-state index in [0.29, 0.717) is 18.0 Å². The van der Waals surface area contributed by atoms with Crippen LogP contribution in [0.3, 0.4) is 0 Å². The highest BCUT2D eigenvalue weighted by Crippen LogP contribution is 2.45. The number of ether oxygens (including phenoxy) is 1. The second kappa shape index (κ2) is 7.27. The zero-order valence-electron chi connectivity index (χ0n) is 17.1. The van der Waals surface area contributed by atoms with E-state index < -0.39 is 11.2 Å². The van der Waals surface area contributed by atoms with Crippen LogP contribution in [0.5, 0.6) is 5.75 Å². The molecule has 7 nitrogen and oxygen atoms in total. The maximum Gasteiger partial charge on any atom is 0.209 e. The van der Waals surface area contributed by atoms with Gasteiger partial charge in [-0.2, -0.15) is 5.26 Å². The van der Waals surface area contributed by atoms with Crippen molar-refractivity contribution in [2.75, 3.05) is 17.7 Å². The standard InChI is InChI=1S/C23H22FN5O2/c1-12-11-31-23-20(28-15-6-5-13(8-15)16-4-2-3-7-27-16)18(24)19(26)17-21(23)29(12)10-14(9-25)22(17)30/h2-4,7,10,12-13,15,28H,5-6,8,11,26H2,1H3/t12-,13-,15+/m0/s1. The van der Waals surface area contributed by atoms with Gasteiger partial charge in [0.05, 0.1) is 22.6 Å². The number of hydrogen-bond donors (Lipinski definition) is 2. The number of nitrogens with zero attached hydrogens (tertiary/aromatic N) is 3. The molecule has 5 rings (SSSR count). The Labute approximate surface area is 178 Å². The Hall–Kier alpha value is -3.60. The minimum absolute atomic E-state index is 0.00133. The number of aromatic nitrogens is 2. The maximum absolute atomic E-state index is 15.4. The predicted octanol–water partition coefficient (Wildman–Crippen LogP) is 3.69. The molecule has 0 radical (unpaired) electrons. The number of rotatable bonds is 3. The molecule has 0 bridgehead atoms. The minimum atomic E-state index is -0.711. The molecule has 2 aromatic heterocycles. The number of nitrogens with one attached hydrogen (secondary N) is 1. The van der Waals surface area contributed by atoms with Crippen molar-refractivity contribution in [1.82, 2.24) is 9.55 Å². The topological polar surface area (TPSA) is 106 Å². The molecule has 8 heteroatoms. The van der Waals surface area contributed by atoms with Gasteiger partial charge in [-0.1, -0.05) is 6.07 Å². The lowest BCUT2D eigenvalue weighted by Gasteiger charge is -2.30. The molecule has 1 saturated carbocycles. The normalized spacial score (nSPS) is 22.2. The number of hydrogen-bond acceptors (Lipinski definition) is 6. The predicted molar refractivity (Wildman–Crippen MR) is 116 cm³/mol. The number of pyridine rings is 2. The Bertz CT molecular complexity index is 1280. The van der Waals surface area contributed by atoms with Crippen molar-refractivity contribution >= 4 is 22.3 Å². The molecule has 0 saturated heterocycles. The monoisotopic (exact) mass is 419 g/mol. The van der Waals surface area contributed by atoms with Crippen molar-refractivity contribution in [2.24, 2.45) is 0 Å². The first-order valence-corrected chi connectivity index (χ1v) is 10.4. The molecule has 3 N–H and O–H groups in total. The summed E-state index contributed by atoms with van der Waals surface area (Å²) in [6, 6.07) is 7.67. The van der Waals surface area contributed by atoms with E-state index >= 15 is 4.39 Å². The van der Waals surface area contributed by atoms with E-state index in [0.717, 1.165) is 25.0 Å². The summed E-state index contributed by atoms with van der Waals surface area (Å²) in [5.41, 5.74) is 6.85. The molecule has 1 fully saturated rings. The van der Waals surface area contributed by atoms with Gasteiger partial charge >= 0.3 is 0 Å². The highest BCUT2D eigenvalue weighted by atomic mass is 19.1. The van der Waals surface area contributed by atoms with E-state index in [-0.39, 0.29) is 40.2 Å². The summed E-state index contributed by atoms with van der Waals surface area (Å²) in [6.45, 7) is 2.21. The quantitative estimate of drug-likeness (QED) is 0.627. The molecule has 31 heavy (non-hydrogen) atoms. The molecular formula is C23H22FN5O2. The smallest absolute Gasteiger partial charge is 0.209 e. The molecule has 0 amide bonds. The molecule has 0 unspecified atom stereocenters. The minimum Gasteiger partial charge on any atom is -0.487 e. The van der Waals surface area contributed by atoms with Gasteiger partial charge in [-0.05, 0) is 38.3 Å². The Morgan fingerprint density at radius 1 is 1.39 bits per heavy atom. The average Bonchev–Trinajstić information content (AvgIpc) is 3.25. The van der Waals surface area contributed by atoms with E-state index in [1.807, 2.05) is 31.2 Å². The van der Waals surface area contributed by atoms with Crippen molar-refractivity contribution in [1.29, 1.82) is 5.26 Å². The molecule has 2 aliphatic rings. The van der Waals surface area contributed by atoms with E-state index in [1.165, 1.54) is 6.20 Å². The van der Waals surface area contributed by atoms with Crippen molar-refractivity contribution in [3.8, 4) is 11.8 Å². The van der Waals surface area contributed by atoms with Gasteiger partial charge in [0.15, 0.2) is 11.6 Å². The first kappa shape index (κ1) is 19.4. The molecule has 1 aromatic carbocycles. The number of nitrogens with two attached hydrogens (primary N) is 1. The third-order valence-corrected chi connectivity index (χ3v) is 6.35. The van der Waals surface area contributed by atoms with Crippen LogP contribution in [0.25, 0.3) is 10.9 Å². The SMILES string of the molecule is C[C@H]1COc2c(N[C@@H]3CC[C@H](c4ccccn4)C3)c(F)c(N)c3c(=O)c(C#N)cn1c23. The van der Waals surface area contributed by atoms with Crippen LogP contribution in [0.15, 0.2) is 35.4 Å². The van der Waals surface area contributed by atoms with Gasteiger partial charge in [-0.15, -0.1) is 0 Å². The zero-order chi connectivity index (χ0) is 21.7. The van der Waals surface area contributed by atoms with Gasteiger partial charge in [-0.3, -0.25) is 9.78 Å². The van der Waals surface area contributed by atoms with Gasteiger partial charge < -0.3 is 20.4 Å². The lowest BCUT2D eigenvalue weighted by atomic mass is 10.0. The Morgan fingerprint density at radius 3 is 2.97 bits per heavy atom. The molecule has 3 atom stereocenters. The van der Waals surface area contributed by atoms with E-state index in [9.17, 15) is 10.1 Å². The summed E-state index contributed by atoms with van der Waals surface area (Å²) in [4.78, 5) is 17.2. The van der Waals surface area contributed by atoms with E-state index in [1.54, 1.807) is 10.8 Å². The van der Waals surface area contributed by atoms with Crippen LogP contribution in [-0.4, -0.2) is 22.2 Å². The molecule has 1 aliphatic carbocycles. The van der Waals surface area contributed by atoms with Gasteiger partial charge in [-0.25, -0.2) is 4.39 Å². The van der Waals surface area contributed by atoms with Crippen LogP contribution >= 0.6 is 0 Å². The van der Waals surface area contributed by atoms with Crippen molar-refractivity contribution < 1.29 is 9.13 Å². The number of anilines is 2. The van der Waals surface area contributed by atoms with Crippen LogP contribution in [0.2, 0.25) is 0 Å². The largest absolute Gasteiger partial charge is 0.487 e. The molecule has 0 spiro atoms. The van der Waals surface area contributed by atoms with Gasteiger partial charge in [0.2, 0.25) is 5.43 Å². The fraction of sp³-hybridized carbons (Fsp3) is 0.348. The summed E-state index contributed by atoms with van der Waals surface area (Å²) < 4.78 is 23.1. The third-order valence-electron chi connectivity index (χ3n) is 6.35. The number of nitriles is 1. The fourth-order valence-electron chi connectivity index (χ4n) is 4.76. The lowest BCUT2D eigenvalue weighted by molar-refractivity contribution is 0.247. The van der Waals surface area contributed by atoms with Crippen LogP contribution in [0.1, 0.15) is 49.4 Å². The lowest BCUT2D eigenvalue weighted by Crippen LogP contribution is -2.27. The first-order valence-electron chi connectivity index (χ1n) is 10.4. The van der Waals surface area contributed by atoms with Gasteiger partial charge in [0.1, 0.15) is 23.9 Å². The summed E-state index contributed by atoms with van der Waals surface area (Å²) >= 11 is 0. The fourth-order valence-corrected chi connectivity index (χ4v) is 4.76. The summed E-state index contributed by atoms with van der Waals surface area (Å²) in [5.74, 6) is -0.131. The average molecular weight is 419 g/mol. The highest BCUT2D eigenvalue weighted by Gasteiger charge is 2.32. The van der Waals surface area contributed by atoms with E-state index in [2.05, 4.69) is 10.3 Å². The first-order chi connectivity index (χ1) is 15.0. The maximum atomic E-state index is 15.4.